The van der Waals surface area contributed by atoms with Gasteiger partial charge in [-0.3, -0.25) is 4.79 Å². The molecule has 1 aliphatic rings. The zero-order chi connectivity index (χ0) is 15.6. The molecule has 21 heavy (non-hydrogen) atoms. The molecule has 1 amide bonds. The van der Waals surface area contributed by atoms with Crippen molar-refractivity contribution < 1.29 is 14.7 Å². The van der Waals surface area contributed by atoms with Gasteiger partial charge in [0, 0.05) is 16.6 Å². The first-order valence-corrected chi connectivity index (χ1v) is 8.03. The van der Waals surface area contributed by atoms with Gasteiger partial charge in [0.15, 0.2) is 0 Å². The number of amides is 1. The van der Waals surface area contributed by atoms with Crippen LogP contribution in [0.1, 0.15) is 42.1 Å². The van der Waals surface area contributed by atoms with Crippen molar-refractivity contribution in [1.29, 1.82) is 0 Å². The molecule has 0 spiro atoms. The Morgan fingerprint density at radius 1 is 1.43 bits per heavy atom. The van der Waals surface area contributed by atoms with E-state index in [0.717, 1.165) is 22.9 Å². The maximum atomic E-state index is 12.7. The average molecular weight is 354 g/mol. The van der Waals surface area contributed by atoms with E-state index in [2.05, 4.69) is 22.9 Å². The number of piperidine rings is 1. The second-order valence-electron chi connectivity index (χ2n) is 5.61. The Bertz CT molecular complexity index is 558. The first kappa shape index (κ1) is 16.0. The first-order chi connectivity index (χ1) is 9.93. The highest BCUT2D eigenvalue weighted by molar-refractivity contribution is 9.10. The number of aryl methyl sites for hydroxylation is 1. The maximum Gasteiger partial charge on any atom is 0.326 e. The van der Waals surface area contributed by atoms with Crippen molar-refractivity contribution in [1.82, 2.24) is 4.90 Å². The zero-order valence-electron chi connectivity index (χ0n) is 12.3. The lowest BCUT2D eigenvalue weighted by molar-refractivity contribution is -0.144. The summed E-state index contributed by atoms with van der Waals surface area (Å²) in [7, 11) is 0. The van der Waals surface area contributed by atoms with Crippen molar-refractivity contribution in [3.8, 4) is 0 Å². The highest BCUT2D eigenvalue weighted by atomic mass is 79.9. The summed E-state index contributed by atoms with van der Waals surface area (Å²) in [4.78, 5) is 25.8. The minimum absolute atomic E-state index is 0.184. The van der Waals surface area contributed by atoms with Crippen LogP contribution < -0.4 is 0 Å². The van der Waals surface area contributed by atoms with Crippen LogP contribution in [0.25, 0.3) is 0 Å². The summed E-state index contributed by atoms with van der Waals surface area (Å²) in [6.07, 6.45) is 2.38. The van der Waals surface area contributed by atoms with Gasteiger partial charge in [0.25, 0.3) is 5.91 Å². The van der Waals surface area contributed by atoms with Crippen molar-refractivity contribution >= 4 is 27.8 Å². The third-order valence-electron chi connectivity index (χ3n) is 4.26. The molecule has 0 aromatic heterocycles. The Morgan fingerprint density at radius 2 is 2.14 bits per heavy atom. The number of aliphatic carboxylic acids is 1. The van der Waals surface area contributed by atoms with E-state index < -0.39 is 12.0 Å². The normalized spacial score (nSPS) is 22.1. The standard InChI is InChI=1S/C16H20BrNO3/c1-3-11-6-7-18(14(8-11)16(20)21)15(19)13-9-12(17)5-4-10(13)2/h4-5,9,11,14H,3,6-8H2,1-2H3,(H,20,21). The van der Waals surface area contributed by atoms with Crippen LogP contribution in [0.4, 0.5) is 0 Å². The molecular formula is C16H20BrNO3. The first-order valence-electron chi connectivity index (χ1n) is 7.24. The van der Waals surface area contributed by atoms with Gasteiger partial charge in [0.2, 0.25) is 0 Å². The predicted molar refractivity (Wildman–Crippen MR) is 84.4 cm³/mol. The Hall–Kier alpha value is -1.36. The Morgan fingerprint density at radius 3 is 2.76 bits per heavy atom. The van der Waals surface area contributed by atoms with Gasteiger partial charge >= 0.3 is 5.97 Å². The van der Waals surface area contributed by atoms with Crippen LogP contribution in [0.3, 0.4) is 0 Å². The van der Waals surface area contributed by atoms with Crippen LogP contribution in [0.15, 0.2) is 22.7 Å². The Kier molecular flexibility index (Phi) is 5.04. The van der Waals surface area contributed by atoms with Crippen LogP contribution in [-0.2, 0) is 4.79 Å². The molecule has 2 rings (SSSR count). The molecule has 4 nitrogen and oxygen atoms in total. The van der Waals surface area contributed by atoms with E-state index in [1.54, 1.807) is 6.07 Å². The summed E-state index contributed by atoms with van der Waals surface area (Å²) in [5.74, 6) is -0.705. The Labute approximate surface area is 133 Å². The topological polar surface area (TPSA) is 57.6 Å². The largest absolute Gasteiger partial charge is 0.480 e. The van der Waals surface area contributed by atoms with Crippen LogP contribution in [-0.4, -0.2) is 34.5 Å². The molecule has 0 aliphatic carbocycles. The van der Waals surface area contributed by atoms with E-state index >= 15 is 0 Å². The highest BCUT2D eigenvalue weighted by Crippen LogP contribution is 2.28. The summed E-state index contributed by atoms with van der Waals surface area (Å²) in [5.41, 5.74) is 1.44. The number of hydrogen-bond donors (Lipinski definition) is 1. The molecule has 1 N–H and O–H groups in total. The van der Waals surface area contributed by atoms with Gasteiger partial charge in [-0.05, 0) is 43.4 Å². The van der Waals surface area contributed by atoms with E-state index in [0.29, 0.717) is 24.4 Å². The van der Waals surface area contributed by atoms with Crippen molar-refractivity contribution in [2.45, 2.75) is 39.2 Å². The second-order valence-corrected chi connectivity index (χ2v) is 6.53. The molecule has 1 aliphatic heterocycles. The van der Waals surface area contributed by atoms with Crippen LogP contribution in [0, 0.1) is 12.8 Å². The molecule has 0 bridgehead atoms. The number of carbonyl (C=O) groups is 2. The van der Waals surface area contributed by atoms with Crippen molar-refractivity contribution in [3.63, 3.8) is 0 Å². The number of hydrogen-bond acceptors (Lipinski definition) is 2. The monoisotopic (exact) mass is 353 g/mol. The van der Waals surface area contributed by atoms with E-state index in [1.807, 2.05) is 19.1 Å². The van der Waals surface area contributed by atoms with Crippen molar-refractivity contribution in [2.75, 3.05) is 6.54 Å². The number of carboxylic acids is 1. The third kappa shape index (κ3) is 3.46. The molecule has 1 heterocycles. The summed E-state index contributed by atoms with van der Waals surface area (Å²) in [6, 6.07) is 4.80. The molecule has 2 atom stereocenters. The van der Waals surface area contributed by atoms with Gasteiger partial charge in [-0.2, -0.15) is 0 Å². The van der Waals surface area contributed by atoms with Gasteiger partial charge in [-0.25, -0.2) is 4.79 Å². The van der Waals surface area contributed by atoms with Crippen molar-refractivity contribution in [2.24, 2.45) is 5.92 Å². The summed E-state index contributed by atoms with van der Waals surface area (Å²) in [6.45, 7) is 4.45. The number of rotatable bonds is 3. The molecular weight excluding hydrogens is 334 g/mol. The fourth-order valence-corrected chi connectivity index (χ4v) is 3.23. The fraction of sp³-hybridized carbons (Fsp3) is 0.500. The SMILES string of the molecule is CCC1CCN(C(=O)c2cc(Br)ccc2C)C(C(=O)O)C1. The van der Waals surface area contributed by atoms with Gasteiger partial charge in [0.05, 0.1) is 0 Å². The molecule has 5 heteroatoms. The molecule has 2 unspecified atom stereocenters. The van der Waals surface area contributed by atoms with Crippen LogP contribution in [0.2, 0.25) is 0 Å². The smallest absolute Gasteiger partial charge is 0.326 e. The molecule has 1 aromatic carbocycles. The number of benzene rings is 1. The lowest BCUT2D eigenvalue weighted by atomic mass is 9.88. The van der Waals surface area contributed by atoms with Gasteiger partial charge in [-0.15, -0.1) is 0 Å². The van der Waals surface area contributed by atoms with Gasteiger partial charge < -0.3 is 10.0 Å². The van der Waals surface area contributed by atoms with E-state index in [1.165, 1.54) is 4.90 Å². The lowest BCUT2D eigenvalue weighted by Crippen LogP contribution is -2.50. The average Bonchev–Trinajstić information content (AvgIpc) is 2.48. The minimum atomic E-state index is -0.908. The number of carbonyl (C=O) groups excluding carboxylic acids is 1. The predicted octanol–water partition coefficient (Wildman–Crippen LogP) is 3.47. The van der Waals surface area contributed by atoms with Crippen molar-refractivity contribution in [3.05, 3.63) is 33.8 Å². The van der Waals surface area contributed by atoms with E-state index in [-0.39, 0.29) is 5.91 Å². The number of halogens is 1. The minimum Gasteiger partial charge on any atom is -0.480 e. The summed E-state index contributed by atoms with van der Waals surface area (Å²) in [5, 5.41) is 9.44. The Balaban J connectivity index is 2.28. The zero-order valence-corrected chi connectivity index (χ0v) is 13.9. The maximum absolute atomic E-state index is 12.7. The lowest BCUT2D eigenvalue weighted by Gasteiger charge is -2.37. The van der Waals surface area contributed by atoms with E-state index in [4.69, 9.17) is 0 Å². The second kappa shape index (κ2) is 6.60. The summed E-state index contributed by atoms with van der Waals surface area (Å²) < 4.78 is 0.826. The van der Waals surface area contributed by atoms with E-state index in [9.17, 15) is 14.7 Å². The quantitative estimate of drug-likeness (QED) is 0.904. The number of likely N-dealkylation sites (tertiary alicyclic amines) is 1. The molecule has 0 radical (unpaired) electrons. The van der Waals surface area contributed by atoms with Gasteiger partial charge in [0.1, 0.15) is 6.04 Å². The van der Waals surface area contributed by atoms with Crippen LogP contribution >= 0.6 is 15.9 Å². The molecule has 0 saturated carbocycles. The summed E-state index contributed by atoms with van der Waals surface area (Å²) >= 11 is 3.37. The van der Waals surface area contributed by atoms with Crippen LogP contribution in [0.5, 0.6) is 0 Å². The molecule has 1 aromatic rings. The number of nitrogens with zero attached hydrogens (tertiary/aromatic N) is 1. The van der Waals surface area contributed by atoms with Gasteiger partial charge in [-0.1, -0.05) is 35.3 Å². The molecule has 1 fully saturated rings. The molecule has 114 valence electrons. The molecule has 1 saturated heterocycles. The highest BCUT2D eigenvalue weighted by Gasteiger charge is 2.36. The number of carboxylic acid groups (broad SMARTS) is 1. The fourth-order valence-electron chi connectivity index (χ4n) is 2.87. The third-order valence-corrected chi connectivity index (χ3v) is 4.76.